The third-order valence-electron chi connectivity index (χ3n) is 4.78. The van der Waals surface area contributed by atoms with Gasteiger partial charge in [-0.2, -0.15) is 0 Å². The van der Waals surface area contributed by atoms with Crippen molar-refractivity contribution in [3.8, 4) is 0 Å². The summed E-state index contributed by atoms with van der Waals surface area (Å²) in [5, 5.41) is 0.800. The lowest BCUT2D eigenvalue weighted by atomic mass is 10.0. The van der Waals surface area contributed by atoms with Crippen LogP contribution in [-0.4, -0.2) is 48.6 Å². The van der Waals surface area contributed by atoms with Crippen molar-refractivity contribution in [3.05, 3.63) is 34.3 Å². The van der Waals surface area contributed by atoms with Crippen LogP contribution in [0.1, 0.15) is 37.4 Å². The largest absolute Gasteiger partial charge is 0.329 e. The summed E-state index contributed by atoms with van der Waals surface area (Å²) in [6, 6.07) is 7.13. The van der Waals surface area contributed by atoms with E-state index in [1.165, 1.54) is 17.5 Å². The second kappa shape index (κ2) is 7.59. The van der Waals surface area contributed by atoms with Crippen molar-refractivity contribution in [3.63, 3.8) is 0 Å². The Morgan fingerprint density at radius 3 is 2.67 bits per heavy atom. The number of likely N-dealkylation sites (tertiary alicyclic amines) is 1. The van der Waals surface area contributed by atoms with Crippen LogP contribution in [0.5, 0.6) is 0 Å². The van der Waals surface area contributed by atoms with E-state index in [1.807, 2.05) is 12.1 Å². The predicted molar refractivity (Wildman–Crippen MR) is 90.9 cm³/mol. The first-order valence-corrected chi connectivity index (χ1v) is 8.42. The summed E-state index contributed by atoms with van der Waals surface area (Å²) in [6.07, 6.45) is 1.24. The first-order valence-electron chi connectivity index (χ1n) is 8.04. The average Bonchev–Trinajstić information content (AvgIpc) is 2.93. The number of likely N-dealkylation sites (N-methyl/N-ethyl adjacent to an activating group) is 1. The fraction of sp³-hybridized carbons (Fsp3) is 0.647. The van der Waals surface area contributed by atoms with Gasteiger partial charge in [0.2, 0.25) is 0 Å². The van der Waals surface area contributed by atoms with Crippen LogP contribution in [0.2, 0.25) is 5.02 Å². The van der Waals surface area contributed by atoms with Crippen LogP contribution in [0.3, 0.4) is 0 Å². The highest BCUT2D eigenvalue weighted by Gasteiger charge is 2.31. The molecule has 1 aliphatic heterocycles. The summed E-state index contributed by atoms with van der Waals surface area (Å²) in [4.78, 5) is 5.10. The van der Waals surface area contributed by atoms with E-state index in [9.17, 15) is 0 Å². The Morgan fingerprint density at radius 2 is 2.10 bits per heavy atom. The molecule has 1 aliphatic rings. The minimum atomic E-state index is 0.308. The van der Waals surface area contributed by atoms with Gasteiger partial charge >= 0.3 is 0 Å². The maximum Gasteiger partial charge on any atom is 0.0473 e. The minimum Gasteiger partial charge on any atom is -0.329 e. The number of hydrogen-bond donors (Lipinski definition) is 1. The molecule has 1 saturated heterocycles. The smallest absolute Gasteiger partial charge is 0.0473 e. The van der Waals surface area contributed by atoms with Crippen LogP contribution in [-0.2, 0) is 0 Å². The van der Waals surface area contributed by atoms with Crippen molar-refractivity contribution < 1.29 is 0 Å². The molecule has 0 spiro atoms. The zero-order valence-electron chi connectivity index (χ0n) is 13.5. The third kappa shape index (κ3) is 3.78. The van der Waals surface area contributed by atoms with Crippen molar-refractivity contribution in [1.82, 2.24) is 9.80 Å². The second-order valence-corrected chi connectivity index (χ2v) is 6.35. The Bertz CT molecular complexity index is 459. The van der Waals surface area contributed by atoms with Crippen molar-refractivity contribution >= 4 is 11.6 Å². The number of nitrogens with two attached hydrogens (primary N) is 1. The molecule has 2 unspecified atom stereocenters. The van der Waals surface area contributed by atoms with Gasteiger partial charge in [0.05, 0.1) is 0 Å². The first-order chi connectivity index (χ1) is 10.1. The lowest BCUT2D eigenvalue weighted by molar-refractivity contribution is 0.189. The second-order valence-electron chi connectivity index (χ2n) is 5.91. The van der Waals surface area contributed by atoms with Gasteiger partial charge in [-0.1, -0.05) is 31.5 Å². The van der Waals surface area contributed by atoms with Crippen molar-refractivity contribution in [2.75, 3.05) is 32.7 Å². The number of benzene rings is 1. The van der Waals surface area contributed by atoms with E-state index < -0.39 is 0 Å². The SMILES string of the molecule is CCN(CC)C1CCN(C(CN)c2ccc(Cl)cc2C)C1. The molecule has 2 atom stereocenters. The number of nitrogens with zero attached hydrogens (tertiary/aromatic N) is 2. The van der Waals surface area contributed by atoms with E-state index in [4.69, 9.17) is 17.3 Å². The summed E-state index contributed by atoms with van der Waals surface area (Å²) in [5.41, 5.74) is 8.65. The molecule has 0 saturated carbocycles. The Morgan fingerprint density at radius 1 is 1.38 bits per heavy atom. The Labute approximate surface area is 134 Å². The van der Waals surface area contributed by atoms with Gasteiger partial charge in [0.1, 0.15) is 0 Å². The Hall–Kier alpha value is -0.610. The third-order valence-corrected chi connectivity index (χ3v) is 5.01. The van der Waals surface area contributed by atoms with Gasteiger partial charge in [0.15, 0.2) is 0 Å². The van der Waals surface area contributed by atoms with E-state index in [0.29, 0.717) is 18.6 Å². The lowest BCUT2D eigenvalue weighted by Crippen LogP contribution is -2.39. The summed E-state index contributed by atoms with van der Waals surface area (Å²) in [7, 11) is 0. The van der Waals surface area contributed by atoms with E-state index >= 15 is 0 Å². The lowest BCUT2D eigenvalue weighted by Gasteiger charge is -2.30. The molecule has 118 valence electrons. The molecule has 21 heavy (non-hydrogen) atoms. The molecule has 0 radical (unpaired) electrons. The molecule has 1 heterocycles. The maximum absolute atomic E-state index is 6.09. The normalized spacial score (nSPS) is 21.1. The summed E-state index contributed by atoms with van der Waals surface area (Å²) >= 11 is 6.08. The minimum absolute atomic E-state index is 0.308. The molecular formula is C17H28ClN3. The zero-order valence-corrected chi connectivity index (χ0v) is 14.2. The average molecular weight is 310 g/mol. The van der Waals surface area contributed by atoms with Gasteiger partial charge in [0.25, 0.3) is 0 Å². The van der Waals surface area contributed by atoms with Crippen LogP contribution < -0.4 is 5.73 Å². The number of hydrogen-bond acceptors (Lipinski definition) is 3. The van der Waals surface area contributed by atoms with E-state index in [1.54, 1.807) is 0 Å². The molecule has 0 aromatic heterocycles. The topological polar surface area (TPSA) is 32.5 Å². The maximum atomic E-state index is 6.09. The van der Waals surface area contributed by atoms with E-state index in [-0.39, 0.29) is 0 Å². The van der Waals surface area contributed by atoms with Crippen LogP contribution in [0.4, 0.5) is 0 Å². The van der Waals surface area contributed by atoms with Crippen LogP contribution >= 0.6 is 11.6 Å². The monoisotopic (exact) mass is 309 g/mol. The number of halogens is 1. The van der Waals surface area contributed by atoms with Gasteiger partial charge in [-0.25, -0.2) is 0 Å². The van der Waals surface area contributed by atoms with Gasteiger partial charge in [-0.05, 0) is 49.7 Å². The molecule has 1 fully saturated rings. The molecule has 0 bridgehead atoms. The van der Waals surface area contributed by atoms with Gasteiger partial charge in [0, 0.05) is 36.7 Å². The molecule has 2 N–H and O–H groups in total. The fourth-order valence-electron chi connectivity index (χ4n) is 3.57. The van der Waals surface area contributed by atoms with Crippen molar-refractivity contribution in [2.45, 2.75) is 39.3 Å². The quantitative estimate of drug-likeness (QED) is 0.876. The molecular weight excluding hydrogens is 282 g/mol. The van der Waals surface area contributed by atoms with Crippen LogP contribution in [0.15, 0.2) is 18.2 Å². The predicted octanol–water partition coefficient (Wildman–Crippen LogP) is 3.06. The van der Waals surface area contributed by atoms with Gasteiger partial charge in [-0.15, -0.1) is 0 Å². The van der Waals surface area contributed by atoms with Crippen LogP contribution in [0, 0.1) is 6.92 Å². The van der Waals surface area contributed by atoms with Crippen molar-refractivity contribution in [1.29, 1.82) is 0 Å². The van der Waals surface area contributed by atoms with Gasteiger partial charge in [-0.3, -0.25) is 9.80 Å². The fourth-order valence-corrected chi connectivity index (χ4v) is 3.80. The Balaban J connectivity index is 2.12. The molecule has 1 aromatic rings. The van der Waals surface area contributed by atoms with E-state index in [0.717, 1.165) is 31.2 Å². The summed E-state index contributed by atoms with van der Waals surface area (Å²) < 4.78 is 0. The van der Waals surface area contributed by atoms with Gasteiger partial charge < -0.3 is 5.73 Å². The highest BCUT2D eigenvalue weighted by Crippen LogP contribution is 2.29. The molecule has 0 amide bonds. The standard InChI is InChI=1S/C17H28ClN3/c1-4-20(5-2)15-8-9-21(12-15)17(11-19)16-7-6-14(18)10-13(16)3/h6-7,10,15,17H,4-5,8-9,11-12,19H2,1-3H3. The molecule has 1 aromatic carbocycles. The number of aryl methyl sites for hydroxylation is 1. The first kappa shape index (κ1) is 16.8. The van der Waals surface area contributed by atoms with Crippen LogP contribution in [0.25, 0.3) is 0 Å². The molecule has 4 heteroatoms. The molecule has 3 nitrogen and oxygen atoms in total. The van der Waals surface area contributed by atoms with Crippen molar-refractivity contribution in [2.24, 2.45) is 5.73 Å². The number of rotatable bonds is 6. The molecule has 2 rings (SSSR count). The summed E-state index contributed by atoms with van der Waals surface area (Å²) in [5.74, 6) is 0. The summed E-state index contributed by atoms with van der Waals surface area (Å²) in [6.45, 7) is 11.8. The highest BCUT2D eigenvalue weighted by atomic mass is 35.5. The zero-order chi connectivity index (χ0) is 15.4. The highest BCUT2D eigenvalue weighted by molar-refractivity contribution is 6.30. The Kier molecular flexibility index (Phi) is 6.06. The van der Waals surface area contributed by atoms with E-state index in [2.05, 4.69) is 36.6 Å². The molecule has 0 aliphatic carbocycles.